The Morgan fingerprint density at radius 3 is 3.14 bits per heavy atom. The maximum Gasteiger partial charge on any atom is 0.222 e. The molecular formula is C5H9NO. The van der Waals surface area contributed by atoms with Crippen molar-refractivity contribution in [2.45, 2.75) is 12.8 Å². The van der Waals surface area contributed by atoms with Crippen LogP contribution in [0.3, 0.4) is 0 Å². The molecule has 0 aromatic rings. The summed E-state index contributed by atoms with van der Waals surface area (Å²) in [5.74, 6) is 0.139. The van der Waals surface area contributed by atoms with Crippen molar-refractivity contribution in [3.63, 3.8) is 0 Å². The lowest BCUT2D eigenvalue weighted by molar-refractivity contribution is -0.126. The van der Waals surface area contributed by atoms with E-state index in [4.69, 9.17) is 1.37 Å². The Morgan fingerprint density at radius 2 is 2.86 bits per heavy atom. The fourth-order valence-electron chi connectivity index (χ4n) is 0.704. The first-order valence-corrected chi connectivity index (χ1v) is 2.41. The third-order valence-corrected chi connectivity index (χ3v) is 1.17. The van der Waals surface area contributed by atoms with Crippen LogP contribution in [-0.4, -0.2) is 24.4 Å². The van der Waals surface area contributed by atoms with Crippen LogP contribution in [0.25, 0.3) is 0 Å². The molecule has 7 heavy (non-hydrogen) atoms. The van der Waals surface area contributed by atoms with Gasteiger partial charge in [-0.1, -0.05) is 0 Å². The SMILES string of the molecule is [2H]CN1CCCC1=O. The quantitative estimate of drug-likeness (QED) is 0.427. The molecule has 0 spiro atoms. The molecule has 2 heteroatoms. The van der Waals surface area contributed by atoms with E-state index < -0.39 is 0 Å². The highest BCUT2D eigenvalue weighted by Gasteiger charge is 2.14. The number of amides is 1. The molecule has 0 unspecified atom stereocenters. The molecule has 0 bridgehead atoms. The average Bonchev–Trinajstić information content (AvgIpc) is 2.14. The normalized spacial score (nSPS) is 23.1. The molecule has 1 saturated heterocycles. The molecule has 1 fully saturated rings. The summed E-state index contributed by atoms with van der Waals surface area (Å²) in [4.78, 5) is 12.2. The fraction of sp³-hybridized carbons (Fsp3) is 0.800. The lowest BCUT2D eigenvalue weighted by atomic mass is 10.4. The van der Waals surface area contributed by atoms with Gasteiger partial charge in [-0.2, -0.15) is 0 Å². The number of carbonyl (C=O) groups excluding carboxylic acids is 1. The molecule has 1 aliphatic heterocycles. The molecule has 1 rings (SSSR count). The Morgan fingerprint density at radius 1 is 2.00 bits per heavy atom. The van der Waals surface area contributed by atoms with Crippen molar-refractivity contribution in [2.75, 3.05) is 13.6 Å². The summed E-state index contributed by atoms with van der Waals surface area (Å²) >= 11 is 0. The molecule has 2 nitrogen and oxygen atoms in total. The van der Waals surface area contributed by atoms with Crippen molar-refractivity contribution < 1.29 is 6.17 Å². The van der Waals surface area contributed by atoms with E-state index >= 15 is 0 Å². The molecule has 0 aliphatic carbocycles. The van der Waals surface area contributed by atoms with E-state index in [1.165, 1.54) is 0 Å². The van der Waals surface area contributed by atoms with Crippen molar-refractivity contribution >= 4 is 5.91 Å². The smallest absolute Gasteiger partial charge is 0.222 e. The van der Waals surface area contributed by atoms with Crippen LogP contribution in [0, 0.1) is 0 Å². The fourth-order valence-corrected chi connectivity index (χ4v) is 0.704. The molecule has 0 saturated carbocycles. The zero-order chi connectivity index (χ0) is 5.98. The maximum atomic E-state index is 10.6. The van der Waals surface area contributed by atoms with Gasteiger partial charge in [0.15, 0.2) is 0 Å². The molecule has 0 atom stereocenters. The highest BCUT2D eigenvalue weighted by molar-refractivity contribution is 5.77. The highest BCUT2D eigenvalue weighted by Crippen LogP contribution is 2.04. The van der Waals surface area contributed by atoms with E-state index in [0.717, 1.165) is 13.0 Å². The molecule has 0 aromatic heterocycles. The molecular weight excluding hydrogens is 90.1 g/mol. The number of hydrogen-bond acceptors (Lipinski definition) is 1. The molecule has 0 aromatic carbocycles. The third-order valence-electron chi connectivity index (χ3n) is 1.17. The van der Waals surface area contributed by atoms with Gasteiger partial charge in [-0.15, -0.1) is 0 Å². The molecule has 40 valence electrons. The topological polar surface area (TPSA) is 20.3 Å². The third kappa shape index (κ3) is 0.734. The van der Waals surface area contributed by atoms with Gasteiger partial charge in [0.1, 0.15) is 0 Å². The van der Waals surface area contributed by atoms with Gasteiger partial charge in [0.05, 0.1) is 0 Å². The molecule has 1 amide bonds. The Hall–Kier alpha value is -0.530. The Balaban J connectivity index is 2.42. The standard InChI is InChI=1S/C5H9NO/c1-6-4-2-3-5(6)7/h2-4H2,1H3/i1D. The first-order valence-electron chi connectivity index (χ1n) is 3.12. The summed E-state index contributed by atoms with van der Waals surface area (Å²) < 4.78 is 6.84. The summed E-state index contributed by atoms with van der Waals surface area (Å²) in [5, 5.41) is 0. The minimum atomic E-state index is 0.138. The van der Waals surface area contributed by atoms with Crippen molar-refractivity contribution in [3.8, 4) is 0 Å². The van der Waals surface area contributed by atoms with Crippen molar-refractivity contribution in [2.24, 2.45) is 0 Å². The zero-order valence-corrected chi connectivity index (χ0v) is 4.18. The number of carbonyl (C=O) groups is 1. The van der Waals surface area contributed by atoms with Gasteiger partial charge in [0.2, 0.25) is 5.91 Å². The van der Waals surface area contributed by atoms with Crippen molar-refractivity contribution in [1.29, 1.82) is 0 Å². The number of likely N-dealkylation sites (tertiary alicyclic amines) is 1. The Kier molecular flexibility index (Phi) is 0.755. The second-order valence-electron chi connectivity index (χ2n) is 1.76. The van der Waals surface area contributed by atoms with Crippen LogP contribution in [0.15, 0.2) is 0 Å². The highest BCUT2D eigenvalue weighted by atomic mass is 16.2. The average molecular weight is 100 g/mol. The van der Waals surface area contributed by atoms with Crippen LogP contribution in [-0.2, 0) is 4.79 Å². The molecule has 1 heterocycles. The summed E-state index contributed by atoms with van der Waals surface area (Å²) in [5.41, 5.74) is 0. The van der Waals surface area contributed by atoms with E-state index in [1.54, 1.807) is 4.90 Å². The largest absolute Gasteiger partial charge is 0.346 e. The number of nitrogens with zero attached hydrogens (tertiary/aromatic N) is 1. The van der Waals surface area contributed by atoms with Gasteiger partial charge >= 0.3 is 0 Å². The second kappa shape index (κ2) is 1.52. The number of hydrogen-bond donors (Lipinski definition) is 0. The first-order chi connectivity index (χ1) is 3.84. The lowest BCUT2D eigenvalue weighted by Crippen LogP contribution is -2.17. The monoisotopic (exact) mass is 100 g/mol. The minimum absolute atomic E-state index is 0.138. The van der Waals surface area contributed by atoms with E-state index in [2.05, 4.69) is 0 Å². The van der Waals surface area contributed by atoms with E-state index in [-0.39, 0.29) is 12.9 Å². The zero-order valence-electron chi connectivity index (χ0n) is 5.18. The Bertz CT molecular complexity index is 105. The Labute approximate surface area is 44.5 Å². The first kappa shape index (κ1) is 3.47. The van der Waals surface area contributed by atoms with E-state index in [0.29, 0.717) is 6.42 Å². The predicted molar refractivity (Wildman–Crippen MR) is 26.9 cm³/mol. The van der Waals surface area contributed by atoms with Crippen molar-refractivity contribution in [3.05, 3.63) is 0 Å². The van der Waals surface area contributed by atoms with Crippen LogP contribution in [0.4, 0.5) is 0 Å². The summed E-state index contributed by atoms with van der Waals surface area (Å²) in [7, 11) is 0.138. The van der Waals surface area contributed by atoms with Crippen LogP contribution < -0.4 is 0 Å². The van der Waals surface area contributed by atoms with Gasteiger partial charge in [-0.25, -0.2) is 0 Å². The summed E-state index contributed by atoms with van der Waals surface area (Å²) in [6.45, 7) is 0.794. The van der Waals surface area contributed by atoms with E-state index in [9.17, 15) is 4.79 Å². The van der Waals surface area contributed by atoms with E-state index in [1.807, 2.05) is 0 Å². The predicted octanol–water partition coefficient (Wildman–Crippen LogP) is 0.239. The molecule has 0 radical (unpaired) electrons. The van der Waals surface area contributed by atoms with Gasteiger partial charge < -0.3 is 4.90 Å². The molecule has 1 aliphatic rings. The van der Waals surface area contributed by atoms with Crippen molar-refractivity contribution in [1.82, 2.24) is 4.90 Å². The maximum absolute atomic E-state index is 10.6. The van der Waals surface area contributed by atoms with Gasteiger partial charge in [-0.05, 0) is 6.42 Å². The van der Waals surface area contributed by atoms with Crippen LogP contribution in [0.1, 0.15) is 14.2 Å². The summed E-state index contributed by atoms with van der Waals surface area (Å²) in [6, 6.07) is 0. The van der Waals surface area contributed by atoms with Crippen LogP contribution in [0.2, 0.25) is 0 Å². The minimum Gasteiger partial charge on any atom is -0.346 e. The number of rotatable bonds is 0. The molecule has 0 N–H and O–H groups in total. The van der Waals surface area contributed by atoms with Gasteiger partial charge in [0.25, 0.3) is 0 Å². The van der Waals surface area contributed by atoms with Gasteiger partial charge in [0, 0.05) is 21.4 Å². The van der Waals surface area contributed by atoms with Crippen LogP contribution >= 0.6 is 0 Å². The lowest BCUT2D eigenvalue weighted by Gasteiger charge is -2.03. The van der Waals surface area contributed by atoms with Gasteiger partial charge in [-0.3, -0.25) is 4.79 Å². The summed E-state index contributed by atoms with van der Waals surface area (Å²) in [6.07, 6.45) is 1.59. The van der Waals surface area contributed by atoms with Crippen LogP contribution in [0.5, 0.6) is 0 Å². The second-order valence-corrected chi connectivity index (χ2v) is 1.76.